The van der Waals surface area contributed by atoms with E-state index in [9.17, 15) is 10.5 Å². The number of allylic oxidation sites excluding steroid dienone is 6. The number of fused-ring (bicyclic) bond motifs is 6. The molecule has 4 nitrogen and oxygen atoms in total. The summed E-state index contributed by atoms with van der Waals surface area (Å²) < 4.78 is 2.22. The molecular weight excluding hydrogens is 657 g/mol. The Kier molecular flexibility index (Phi) is 7.50. The van der Waals surface area contributed by atoms with E-state index in [0.717, 1.165) is 51.5 Å². The van der Waals surface area contributed by atoms with Crippen molar-refractivity contribution in [3.63, 3.8) is 0 Å². The monoisotopic (exact) mass is 690 g/mol. The van der Waals surface area contributed by atoms with Crippen molar-refractivity contribution in [2.75, 3.05) is 4.90 Å². The van der Waals surface area contributed by atoms with Gasteiger partial charge in [0.1, 0.15) is 0 Å². The van der Waals surface area contributed by atoms with Gasteiger partial charge in [0.15, 0.2) is 0 Å². The molecule has 0 amide bonds. The summed E-state index contributed by atoms with van der Waals surface area (Å²) in [5, 5.41) is 21.4. The molecule has 254 valence electrons. The Bertz CT molecular complexity index is 2870. The Morgan fingerprint density at radius 2 is 1.28 bits per heavy atom. The lowest BCUT2D eigenvalue weighted by Crippen LogP contribution is -2.36. The fourth-order valence-corrected chi connectivity index (χ4v) is 8.93. The predicted molar refractivity (Wildman–Crippen MR) is 220 cm³/mol. The number of aromatic nitrogens is 1. The molecule has 1 aromatic heterocycles. The second kappa shape index (κ2) is 12.8. The van der Waals surface area contributed by atoms with Gasteiger partial charge in [-0.05, 0) is 113 Å². The SMILES string of the molecule is N#Cc1ccc(-n2c3ccc(C#N)cc3c3cc(-c4ccccc4-c4ccccc4C4C=CC=C5c6ccccc6N(C6=CC=CCC6)C54)ccc32)cc1. The zero-order valence-electron chi connectivity index (χ0n) is 29.5. The van der Waals surface area contributed by atoms with E-state index < -0.39 is 0 Å². The quantitative estimate of drug-likeness (QED) is 0.181. The standard InChI is InChI=1S/C50H34N4/c51-31-33-21-25-37(26-22-33)53-48-27-23-34(32-52)29-45(48)46-30-35(24-28-49(46)53)38-13-4-5-14-39(38)40-15-6-7-16-41(40)43-18-10-19-44-42-17-8-9-20-47(42)54(50(43)44)36-11-2-1-3-12-36/h1-2,4-11,13-30,43,50H,3,12H2. The molecule has 2 unspecified atom stereocenters. The van der Waals surface area contributed by atoms with Crippen molar-refractivity contribution in [1.82, 2.24) is 4.57 Å². The normalized spacial score (nSPS) is 17.1. The number of rotatable bonds is 5. The van der Waals surface area contributed by atoms with Crippen molar-refractivity contribution in [2.45, 2.75) is 24.8 Å². The van der Waals surface area contributed by atoms with Crippen molar-refractivity contribution in [2.24, 2.45) is 0 Å². The van der Waals surface area contributed by atoms with Crippen LogP contribution in [-0.4, -0.2) is 10.6 Å². The molecule has 10 rings (SSSR count). The van der Waals surface area contributed by atoms with Crippen molar-refractivity contribution in [3.05, 3.63) is 198 Å². The van der Waals surface area contributed by atoms with Crippen LogP contribution in [0.1, 0.15) is 41.0 Å². The number of hydrogen-bond acceptors (Lipinski definition) is 3. The van der Waals surface area contributed by atoms with Gasteiger partial charge in [-0.15, -0.1) is 0 Å². The van der Waals surface area contributed by atoms with Gasteiger partial charge >= 0.3 is 0 Å². The van der Waals surface area contributed by atoms with Crippen LogP contribution in [0.25, 0.3) is 55.3 Å². The van der Waals surface area contributed by atoms with Gasteiger partial charge in [0.05, 0.1) is 40.3 Å². The highest BCUT2D eigenvalue weighted by molar-refractivity contribution is 6.11. The summed E-state index contributed by atoms with van der Waals surface area (Å²) in [4.78, 5) is 2.61. The third-order valence-corrected chi connectivity index (χ3v) is 11.3. The number of nitrogens with zero attached hydrogens (tertiary/aromatic N) is 4. The van der Waals surface area contributed by atoms with E-state index in [1.807, 2.05) is 42.5 Å². The largest absolute Gasteiger partial charge is 0.336 e. The fourth-order valence-electron chi connectivity index (χ4n) is 8.93. The first-order valence-corrected chi connectivity index (χ1v) is 18.5. The van der Waals surface area contributed by atoms with Crippen molar-refractivity contribution >= 4 is 33.1 Å². The molecule has 6 aromatic carbocycles. The van der Waals surface area contributed by atoms with Gasteiger partial charge in [-0.25, -0.2) is 0 Å². The molecule has 2 heterocycles. The average Bonchev–Trinajstić information content (AvgIpc) is 3.76. The summed E-state index contributed by atoms with van der Waals surface area (Å²) in [7, 11) is 0. The van der Waals surface area contributed by atoms with Crippen LogP contribution in [0, 0.1) is 22.7 Å². The summed E-state index contributed by atoms with van der Waals surface area (Å²) in [6, 6.07) is 51.6. The molecule has 54 heavy (non-hydrogen) atoms. The lowest BCUT2D eigenvalue weighted by molar-refractivity contribution is 0.683. The highest BCUT2D eigenvalue weighted by atomic mass is 15.2. The minimum absolute atomic E-state index is 0.130. The molecule has 0 N–H and O–H groups in total. The van der Waals surface area contributed by atoms with E-state index in [-0.39, 0.29) is 12.0 Å². The first-order valence-electron chi connectivity index (χ1n) is 18.5. The van der Waals surface area contributed by atoms with Crippen LogP contribution in [0.2, 0.25) is 0 Å². The fraction of sp³-hybridized carbons (Fsp3) is 0.0800. The van der Waals surface area contributed by atoms with E-state index in [1.54, 1.807) is 0 Å². The van der Waals surface area contributed by atoms with Gasteiger partial charge in [-0.3, -0.25) is 0 Å². The Balaban J connectivity index is 1.12. The molecule has 0 saturated carbocycles. The predicted octanol–water partition coefficient (Wildman–Crippen LogP) is 12.0. The molecule has 0 bridgehead atoms. The zero-order valence-corrected chi connectivity index (χ0v) is 29.5. The Morgan fingerprint density at radius 1 is 0.593 bits per heavy atom. The van der Waals surface area contributed by atoms with Crippen LogP contribution in [-0.2, 0) is 0 Å². The second-order valence-electron chi connectivity index (χ2n) is 14.2. The van der Waals surface area contributed by atoms with E-state index in [1.165, 1.54) is 39.2 Å². The minimum atomic E-state index is 0.130. The number of nitriles is 2. The smallest absolute Gasteiger partial charge is 0.0991 e. The van der Waals surface area contributed by atoms with E-state index in [0.29, 0.717) is 11.1 Å². The molecule has 0 fully saturated rings. The number of hydrogen-bond donors (Lipinski definition) is 0. The van der Waals surface area contributed by atoms with Crippen molar-refractivity contribution in [3.8, 4) is 40.1 Å². The van der Waals surface area contributed by atoms with Crippen LogP contribution in [0.4, 0.5) is 5.69 Å². The Hall–Kier alpha value is -7.14. The van der Waals surface area contributed by atoms with Gasteiger partial charge in [0.25, 0.3) is 0 Å². The third-order valence-electron chi connectivity index (χ3n) is 11.3. The summed E-state index contributed by atoms with van der Waals surface area (Å²) >= 11 is 0. The minimum Gasteiger partial charge on any atom is -0.336 e. The lowest BCUT2D eigenvalue weighted by atomic mass is 9.78. The maximum atomic E-state index is 9.87. The highest BCUT2D eigenvalue weighted by Crippen LogP contribution is 2.52. The van der Waals surface area contributed by atoms with Crippen LogP contribution in [0.5, 0.6) is 0 Å². The maximum absolute atomic E-state index is 9.87. The van der Waals surface area contributed by atoms with E-state index in [4.69, 9.17) is 0 Å². The molecule has 0 spiro atoms. The average molecular weight is 691 g/mol. The molecule has 1 aliphatic heterocycles. The molecule has 3 aliphatic rings. The van der Waals surface area contributed by atoms with E-state index >= 15 is 0 Å². The van der Waals surface area contributed by atoms with Crippen molar-refractivity contribution < 1.29 is 0 Å². The van der Waals surface area contributed by atoms with Gasteiger partial charge in [0.2, 0.25) is 0 Å². The number of para-hydroxylation sites is 1. The summed E-state index contributed by atoms with van der Waals surface area (Å²) in [6.07, 6.45) is 15.8. The first kappa shape index (κ1) is 31.6. The van der Waals surface area contributed by atoms with Gasteiger partial charge in [-0.1, -0.05) is 103 Å². The van der Waals surface area contributed by atoms with Gasteiger partial charge in [0, 0.05) is 39.3 Å². The lowest BCUT2D eigenvalue weighted by Gasteiger charge is -2.37. The second-order valence-corrected chi connectivity index (χ2v) is 14.2. The Labute approximate surface area is 314 Å². The van der Waals surface area contributed by atoms with Crippen molar-refractivity contribution in [1.29, 1.82) is 10.5 Å². The van der Waals surface area contributed by atoms with E-state index in [2.05, 4.69) is 149 Å². The molecular formula is C50H34N4. The molecule has 7 aromatic rings. The number of anilines is 1. The first-order chi connectivity index (χ1) is 26.7. The van der Waals surface area contributed by atoms with Crippen LogP contribution >= 0.6 is 0 Å². The molecule has 2 atom stereocenters. The topological polar surface area (TPSA) is 55.8 Å². The van der Waals surface area contributed by atoms with Crippen LogP contribution in [0.3, 0.4) is 0 Å². The molecule has 2 aliphatic carbocycles. The van der Waals surface area contributed by atoms with Crippen LogP contribution in [0.15, 0.2) is 176 Å². The van der Waals surface area contributed by atoms with Crippen LogP contribution < -0.4 is 4.90 Å². The molecule has 0 saturated heterocycles. The summed E-state index contributed by atoms with van der Waals surface area (Å²) in [5.74, 6) is 0.130. The molecule has 0 radical (unpaired) electrons. The highest BCUT2D eigenvalue weighted by Gasteiger charge is 2.41. The maximum Gasteiger partial charge on any atom is 0.0991 e. The summed E-state index contributed by atoms with van der Waals surface area (Å²) in [5.41, 5.74) is 15.6. The number of benzene rings is 6. The Morgan fingerprint density at radius 3 is 2.06 bits per heavy atom. The van der Waals surface area contributed by atoms with Gasteiger partial charge in [-0.2, -0.15) is 10.5 Å². The summed E-state index contributed by atoms with van der Waals surface area (Å²) in [6.45, 7) is 0. The van der Waals surface area contributed by atoms with Gasteiger partial charge < -0.3 is 9.47 Å². The molecule has 4 heteroatoms. The third kappa shape index (κ3) is 4.96. The zero-order chi connectivity index (χ0) is 36.2.